The number of likely N-dealkylation sites (N-methyl/N-ethyl adjacent to an activating group) is 1. The van der Waals surface area contributed by atoms with Crippen molar-refractivity contribution < 1.29 is 14.4 Å². The van der Waals surface area contributed by atoms with E-state index in [1.807, 2.05) is 45.2 Å². The molecule has 1 aliphatic heterocycles. The van der Waals surface area contributed by atoms with Crippen molar-refractivity contribution in [2.24, 2.45) is 0 Å². The Labute approximate surface area is 218 Å². The largest absolute Gasteiger partial charge is 0.507 e. The van der Waals surface area contributed by atoms with Gasteiger partial charge in [-0.15, -0.1) is 0 Å². The molecule has 5 rings (SSSR count). The number of nitrogens with zero attached hydrogens (tertiary/aromatic N) is 2. The predicted octanol–water partition coefficient (Wildman–Crippen LogP) is 6.10. The third kappa shape index (κ3) is 4.98. The predicted molar refractivity (Wildman–Crippen MR) is 153 cm³/mol. The van der Waals surface area contributed by atoms with Crippen LogP contribution in [0, 0.1) is 6.92 Å². The van der Waals surface area contributed by atoms with E-state index in [1.165, 1.54) is 0 Å². The molecule has 2 aromatic carbocycles. The van der Waals surface area contributed by atoms with Gasteiger partial charge < -0.3 is 29.6 Å². The van der Waals surface area contributed by atoms with Crippen LogP contribution in [0.4, 0.5) is 11.4 Å². The summed E-state index contributed by atoms with van der Waals surface area (Å²) in [5, 5.41) is 15.6. The highest BCUT2D eigenvalue weighted by Crippen LogP contribution is 2.49. The Morgan fingerprint density at radius 2 is 1.95 bits per heavy atom. The van der Waals surface area contributed by atoms with Crippen LogP contribution in [0.5, 0.6) is 11.5 Å². The molecule has 0 unspecified atom stereocenters. The monoisotopic (exact) mass is 518 g/mol. The van der Waals surface area contributed by atoms with Crippen molar-refractivity contribution in [1.82, 2.24) is 14.9 Å². The third-order valence-corrected chi connectivity index (χ3v) is 10.7. The molecule has 1 saturated heterocycles. The van der Waals surface area contributed by atoms with Gasteiger partial charge in [0.25, 0.3) is 0 Å². The molecule has 0 saturated carbocycles. The summed E-state index contributed by atoms with van der Waals surface area (Å²) >= 11 is 0. The molecule has 0 spiro atoms. The Morgan fingerprint density at radius 1 is 1.19 bits per heavy atom. The number of anilines is 2. The van der Waals surface area contributed by atoms with Crippen molar-refractivity contribution >= 4 is 34.9 Å². The van der Waals surface area contributed by atoms with Crippen molar-refractivity contribution in [3.8, 4) is 22.8 Å². The molecule has 2 aromatic heterocycles. The van der Waals surface area contributed by atoms with Crippen molar-refractivity contribution in [2.75, 3.05) is 37.8 Å². The maximum absolute atomic E-state index is 13.6. The first-order chi connectivity index (χ1) is 17.8. The number of hydrogen-bond acceptors (Lipinski definition) is 6. The van der Waals surface area contributed by atoms with Gasteiger partial charge in [-0.1, -0.05) is 19.9 Å². The number of likely N-dealkylation sites (tertiary alicyclic amines) is 1. The summed E-state index contributed by atoms with van der Waals surface area (Å²) in [5.74, 6) is 0.950. The second-order valence-electron chi connectivity index (χ2n) is 9.90. The first-order valence-electron chi connectivity index (χ1n) is 12.9. The minimum Gasteiger partial charge on any atom is -0.507 e. The number of H-pyrrole nitrogens is 1. The number of hydrogen-bond donors (Lipinski definition) is 3. The summed E-state index contributed by atoms with van der Waals surface area (Å²) in [7, 11) is -0.614. The fourth-order valence-electron chi connectivity index (χ4n) is 5.13. The molecule has 194 valence electrons. The van der Waals surface area contributed by atoms with E-state index in [2.05, 4.69) is 45.4 Å². The highest BCUT2D eigenvalue weighted by Gasteiger charge is 2.28. The molecule has 3 N–H and O–H groups in total. The Bertz CT molecular complexity index is 1460. The van der Waals surface area contributed by atoms with Crippen LogP contribution in [-0.4, -0.2) is 58.5 Å². The number of aromatic hydroxyl groups is 1. The molecule has 3 heterocycles. The average molecular weight is 519 g/mol. The number of rotatable bonds is 8. The van der Waals surface area contributed by atoms with Crippen LogP contribution in [-0.2, 0) is 4.57 Å². The summed E-state index contributed by atoms with van der Waals surface area (Å²) in [4.78, 5) is 10.3. The average Bonchev–Trinajstić information content (AvgIpc) is 3.52. The number of nitrogens with one attached hydrogen (secondary N) is 2. The quantitative estimate of drug-likeness (QED) is 0.244. The number of benzene rings is 2. The Balaban J connectivity index is 1.47. The van der Waals surface area contributed by atoms with E-state index < -0.39 is 7.14 Å². The lowest BCUT2D eigenvalue weighted by molar-refractivity contribution is 0.208. The van der Waals surface area contributed by atoms with E-state index in [0.717, 1.165) is 58.8 Å². The molecule has 0 amide bonds. The van der Waals surface area contributed by atoms with E-state index in [0.29, 0.717) is 23.3 Å². The molecular formula is C29H35N4O3P. The standard InChI is InChI=1S/C29H35N4O3P/c1-5-37(35,6-2)28-24(8-7-9-26(28)34)31-27-19(3)17-30-29-23(27)16-25(32-29)20-10-12-21(13-11-20)36-22-14-15-33(4)18-22/h7-13,16-17,22,34H,5-6,14-15,18H2,1-4H3,(H2,30,31,32)/t22-/m0/s1. The SMILES string of the molecule is CCP(=O)(CC)c1c(O)cccc1Nc1c(C)cnc2[nH]c(-c3ccc(O[C@H]4CCN(C)C4)cc3)cc12. The van der Waals surface area contributed by atoms with E-state index >= 15 is 0 Å². The van der Waals surface area contributed by atoms with Gasteiger partial charge in [0.2, 0.25) is 0 Å². The molecule has 4 aromatic rings. The number of aromatic nitrogens is 2. The summed E-state index contributed by atoms with van der Waals surface area (Å²) in [6.07, 6.45) is 4.09. The zero-order chi connectivity index (χ0) is 26.2. The number of fused-ring (bicyclic) bond motifs is 1. The zero-order valence-corrected chi connectivity index (χ0v) is 22.8. The lowest BCUT2D eigenvalue weighted by Crippen LogP contribution is -2.21. The number of pyridine rings is 1. The van der Waals surface area contributed by atoms with Crippen LogP contribution in [0.25, 0.3) is 22.3 Å². The van der Waals surface area contributed by atoms with Crippen LogP contribution in [0.2, 0.25) is 0 Å². The topological polar surface area (TPSA) is 90.5 Å². The summed E-state index contributed by atoms with van der Waals surface area (Å²) < 4.78 is 19.8. The number of aromatic amines is 1. The lowest BCUT2D eigenvalue weighted by Gasteiger charge is -2.21. The van der Waals surface area contributed by atoms with Crippen LogP contribution in [0.3, 0.4) is 0 Å². The Morgan fingerprint density at radius 3 is 2.62 bits per heavy atom. The van der Waals surface area contributed by atoms with Gasteiger partial charge in [-0.3, -0.25) is 0 Å². The van der Waals surface area contributed by atoms with Gasteiger partial charge in [0.1, 0.15) is 30.4 Å². The fourth-order valence-corrected chi connectivity index (χ4v) is 7.27. The van der Waals surface area contributed by atoms with Crippen molar-refractivity contribution in [3.05, 3.63) is 60.3 Å². The number of phenols is 1. The number of aryl methyl sites for hydroxylation is 1. The summed E-state index contributed by atoms with van der Waals surface area (Å²) in [6.45, 7) is 7.85. The van der Waals surface area contributed by atoms with E-state index in [-0.39, 0.29) is 11.9 Å². The van der Waals surface area contributed by atoms with Crippen LogP contribution in [0.1, 0.15) is 25.8 Å². The van der Waals surface area contributed by atoms with Crippen LogP contribution < -0.4 is 15.4 Å². The van der Waals surface area contributed by atoms with Crippen molar-refractivity contribution in [3.63, 3.8) is 0 Å². The van der Waals surface area contributed by atoms with E-state index in [1.54, 1.807) is 12.1 Å². The third-order valence-electron chi connectivity index (χ3n) is 7.37. The zero-order valence-electron chi connectivity index (χ0n) is 21.9. The first-order valence-corrected chi connectivity index (χ1v) is 15.0. The maximum atomic E-state index is 13.6. The van der Waals surface area contributed by atoms with Crippen molar-refractivity contribution in [1.29, 1.82) is 0 Å². The normalized spacial score (nSPS) is 16.4. The van der Waals surface area contributed by atoms with Gasteiger partial charge in [-0.05, 0) is 74.0 Å². The van der Waals surface area contributed by atoms with Gasteiger partial charge >= 0.3 is 0 Å². The second-order valence-corrected chi connectivity index (χ2v) is 13.4. The molecule has 7 nitrogen and oxygen atoms in total. The molecular weight excluding hydrogens is 483 g/mol. The van der Waals surface area contributed by atoms with E-state index in [4.69, 9.17) is 4.74 Å². The van der Waals surface area contributed by atoms with Gasteiger partial charge in [0, 0.05) is 42.7 Å². The molecule has 0 radical (unpaired) electrons. The van der Waals surface area contributed by atoms with Gasteiger partial charge in [-0.2, -0.15) is 0 Å². The van der Waals surface area contributed by atoms with Crippen molar-refractivity contribution in [2.45, 2.75) is 33.3 Å². The summed E-state index contributed by atoms with van der Waals surface area (Å²) in [5.41, 5.74) is 5.26. The molecule has 0 bridgehead atoms. The van der Waals surface area contributed by atoms with Gasteiger partial charge in [0.15, 0.2) is 0 Å². The minimum atomic E-state index is -2.73. The highest BCUT2D eigenvalue weighted by atomic mass is 31.2. The molecule has 1 atom stereocenters. The highest BCUT2D eigenvalue weighted by molar-refractivity contribution is 7.72. The number of phenolic OH excluding ortho intramolecular Hbond substituents is 1. The molecule has 0 aliphatic carbocycles. The van der Waals surface area contributed by atoms with Gasteiger partial charge in [0.05, 0.1) is 16.7 Å². The van der Waals surface area contributed by atoms with Gasteiger partial charge in [-0.25, -0.2) is 4.98 Å². The Kier molecular flexibility index (Phi) is 7.02. The molecule has 37 heavy (non-hydrogen) atoms. The minimum absolute atomic E-state index is 0.0706. The number of ether oxygens (including phenoxy) is 1. The summed E-state index contributed by atoms with van der Waals surface area (Å²) in [6, 6.07) is 15.5. The molecule has 1 fully saturated rings. The van der Waals surface area contributed by atoms with Crippen LogP contribution >= 0.6 is 7.14 Å². The first kappa shape index (κ1) is 25.4. The molecule has 8 heteroatoms. The lowest BCUT2D eigenvalue weighted by atomic mass is 10.1. The smallest absolute Gasteiger partial charge is 0.139 e. The fraction of sp³-hybridized carbons (Fsp3) is 0.345. The maximum Gasteiger partial charge on any atom is 0.139 e. The van der Waals surface area contributed by atoms with E-state index in [9.17, 15) is 9.67 Å². The molecule has 1 aliphatic rings. The van der Waals surface area contributed by atoms with Crippen LogP contribution in [0.15, 0.2) is 54.7 Å². The Hall–Kier alpha value is -3.28. The second kappa shape index (κ2) is 10.2.